The van der Waals surface area contributed by atoms with Crippen LogP contribution in [0.4, 0.5) is 10.1 Å². The van der Waals surface area contributed by atoms with Crippen LogP contribution in [0, 0.1) is 5.82 Å². The third kappa shape index (κ3) is 3.16. The van der Waals surface area contributed by atoms with Gasteiger partial charge in [0, 0.05) is 6.07 Å². The van der Waals surface area contributed by atoms with E-state index in [9.17, 15) is 17.9 Å². The lowest BCUT2D eigenvalue weighted by molar-refractivity contribution is 0.475. The maximum atomic E-state index is 13.2. The zero-order valence-electron chi connectivity index (χ0n) is 11.6. The van der Waals surface area contributed by atoms with Crippen LogP contribution < -0.4 is 4.72 Å². The van der Waals surface area contributed by atoms with Crippen LogP contribution in [0.5, 0.6) is 5.75 Å². The molecule has 3 rings (SSSR count). The lowest BCUT2D eigenvalue weighted by Crippen LogP contribution is -2.13. The average Bonchev–Trinajstić information content (AvgIpc) is 3.01. The van der Waals surface area contributed by atoms with Gasteiger partial charge in [-0.15, -0.1) is 0 Å². The lowest BCUT2D eigenvalue weighted by Gasteiger charge is -2.11. The van der Waals surface area contributed by atoms with Gasteiger partial charge in [-0.05, 0) is 30.3 Å². The third-order valence-corrected chi connectivity index (χ3v) is 4.38. The monoisotopic (exact) mass is 334 g/mol. The fraction of sp³-hybridized carbons (Fsp3) is 0. The highest BCUT2D eigenvalue weighted by Crippen LogP contribution is 2.31. The summed E-state index contributed by atoms with van der Waals surface area (Å²) in [4.78, 5) is 3.71. The first-order chi connectivity index (χ1) is 11.0. The van der Waals surface area contributed by atoms with Crippen LogP contribution in [0.2, 0.25) is 0 Å². The molecule has 0 unspecified atom stereocenters. The number of anilines is 1. The molecule has 2 aromatic carbocycles. The number of benzene rings is 2. The summed E-state index contributed by atoms with van der Waals surface area (Å²) < 4.78 is 45.5. The van der Waals surface area contributed by atoms with Crippen molar-refractivity contribution in [2.75, 3.05) is 4.72 Å². The molecular formula is C15H11FN2O4S. The van der Waals surface area contributed by atoms with Gasteiger partial charge >= 0.3 is 0 Å². The molecule has 0 aliphatic heterocycles. The average molecular weight is 334 g/mol. The van der Waals surface area contributed by atoms with Crippen molar-refractivity contribution in [1.82, 2.24) is 4.98 Å². The zero-order chi connectivity index (χ0) is 16.4. The summed E-state index contributed by atoms with van der Waals surface area (Å²) >= 11 is 0. The van der Waals surface area contributed by atoms with E-state index < -0.39 is 15.8 Å². The number of aromatic hydroxyl groups is 1. The number of sulfonamides is 1. The van der Waals surface area contributed by atoms with E-state index in [1.54, 1.807) is 0 Å². The van der Waals surface area contributed by atoms with Gasteiger partial charge in [0.25, 0.3) is 10.0 Å². The maximum Gasteiger partial charge on any atom is 0.262 e. The number of nitrogens with zero attached hydrogens (tertiary/aromatic N) is 1. The van der Waals surface area contributed by atoms with Crippen LogP contribution in [0.15, 0.2) is 64.2 Å². The van der Waals surface area contributed by atoms with Crippen molar-refractivity contribution in [3.05, 3.63) is 60.7 Å². The number of oxazole rings is 1. The van der Waals surface area contributed by atoms with Gasteiger partial charge in [0.2, 0.25) is 5.89 Å². The van der Waals surface area contributed by atoms with Crippen molar-refractivity contribution in [2.24, 2.45) is 0 Å². The molecular weight excluding hydrogens is 323 g/mol. The number of rotatable bonds is 4. The van der Waals surface area contributed by atoms with E-state index in [2.05, 4.69) is 9.71 Å². The molecule has 0 saturated carbocycles. The second kappa shape index (κ2) is 5.73. The molecule has 0 radical (unpaired) electrons. The van der Waals surface area contributed by atoms with E-state index >= 15 is 0 Å². The Labute approximate surface area is 131 Å². The van der Waals surface area contributed by atoms with Crippen molar-refractivity contribution >= 4 is 15.7 Å². The van der Waals surface area contributed by atoms with Gasteiger partial charge in [-0.2, -0.15) is 0 Å². The predicted molar refractivity (Wildman–Crippen MR) is 80.8 cm³/mol. The fourth-order valence-corrected chi connectivity index (χ4v) is 3.10. The van der Waals surface area contributed by atoms with Gasteiger partial charge in [0.1, 0.15) is 17.8 Å². The molecule has 0 fully saturated rings. The second-order valence-corrected chi connectivity index (χ2v) is 6.31. The Kier molecular flexibility index (Phi) is 3.75. The minimum absolute atomic E-state index is 0.0664. The van der Waals surface area contributed by atoms with E-state index in [0.717, 1.165) is 12.1 Å². The molecule has 2 N–H and O–H groups in total. The van der Waals surface area contributed by atoms with Gasteiger partial charge in [0.15, 0.2) is 0 Å². The number of aromatic nitrogens is 1. The van der Waals surface area contributed by atoms with E-state index in [4.69, 9.17) is 4.42 Å². The van der Waals surface area contributed by atoms with Crippen LogP contribution in [0.3, 0.4) is 0 Å². The Morgan fingerprint density at radius 1 is 1.17 bits per heavy atom. The van der Waals surface area contributed by atoms with Crippen molar-refractivity contribution in [2.45, 2.75) is 4.90 Å². The summed E-state index contributed by atoms with van der Waals surface area (Å²) in [6.07, 6.45) is 2.75. The quantitative estimate of drug-likeness (QED) is 0.765. The van der Waals surface area contributed by atoms with Crippen LogP contribution in [0.1, 0.15) is 0 Å². The number of hydrogen-bond donors (Lipinski definition) is 2. The summed E-state index contributed by atoms with van der Waals surface area (Å²) in [7, 11) is -4.04. The number of halogens is 1. The fourth-order valence-electron chi connectivity index (χ4n) is 2.00. The number of phenols is 1. The first-order valence-corrected chi connectivity index (χ1v) is 7.95. The van der Waals surface area contributed by atoms with Crippen molar-refractivity contribution < 1.29 is 22.3 Å². The highest BCUT2D eigenvalue weighted by atomic mass is 32.2. The summed E-state index contributed by atoms with van der Waals surface area (Å²) in [5.41, 5.74) is 0.407. The molecule has 0 spiro atoms. The molecule has 0 aliphatic rings. The highest BCUT2D eigenvalue weighted by Gasteiger charge is 2.19. The zero-order valence-corrected chi connectivity index (χ0v) is 12.4. The topological polar surface area (TPSA) is 92.4 Å². The number of hydrogen-bond acceptors (Lipinski definition) is 5. The molecule has 8 heteroatoms. The SMILES string of the molecule is O=S(=O)(Nc1cc(O)ccc1-c1ncco1)c1cccc(F)c1. The molecule has 6 nitrogen and oxygen atoms in total. The smallest absolute Gasteiger partial charge is 0.262 e. The van der Waals surface area contributed by atoms with Crippen molar-refractivity contribution in [3.63, 3.8) is 0 Å². The molecule has 0 atom stereocenters. The summed E-state index contributed by atoms with van der Waals surface area (Å²) in [6, 6.07) is 8.66. The van der Waals surface area contributed by atoms with Gasteiger partial charge in [0.05, 0.1) is 22.3 Å². The molecule has 1 aromatic heterocycles. The first-order valence-electron chi connectivity index (χ1n) is 6.47. The molecule has 3 aromatic rings. The molecule has 0 aliphatic carbocycles. The maximum absolute atomic E-state index is 13.2. The predicted octanol–water partition coefficient (Wildman–Crippen LogP) is 2.99. The van der Waals surface area contributed by atoms with Gasteiger partial charge in [-0.25, -0.2) is 17.8 Å². The molecule has 1 heterocycles. The minimum atomic E-state index is -4.04. The Hall–Kier alpha value is -2.87. The largest absolute Gasteiger partial charge is 0.508 e. The van der Waals surface area contributed by atoms with Crippen molar-refractivity contribution in [1.29, 1.82) is 0 Å². The lowest BCUT2D eigenvalue weighted by atomic mass is 10.2. The summed E-state index contributed by atoms with van der Waals surface area (Å²) in [5, 5.41) is 9.60. The molecule has 23 heavy (non-hydrogen) atoms. The second-order valence-electron chi connectivity index (χ2n) is 4.63. The van der Waals surface area contributed by atoms with Crippen LogP contribution in [-0.2, 0) is 10.0 Å². The molecule has 0 amide bonds. The van der Waals surface area contributed by atoms with E-state index in [-0.39, 0.29) is 22.2 Å². The van der Waals surface area contributed by atoms with Crippen LogP contribution >= 0.6 is 0 Å². The molecule has 118 valence electrons. The Morgan fingerprint density at radius 3 is 2.70 bits per heavy atom. The van der Waals surface area contributed by atoms with Crippen LogP contribution in [-0.4, -0.2) is 18.5 Å². The Morgan fingerprint density at radius 2 is 2.00 bits per heavy atom. The Bertz CT molecular complexity index is 940. The summed E-state index contributed by atoms with van der Waals surface area (Å²) in [5.74, 6) is -0.629. The summed E-state index contributed by atoms with van der Waals surface area (Å²) in [6.45, 7) is 0. The van der Waals surface area contributed by atoms with E-state index in [1.807, 2.05) is 0 Å². The molecule has 0 saturated heterocycles. The highest BCUT2D eigenvalue weighted by molar-refractivity contribution is 7.92. The van der Waals surface area contributed by atoms with Gasteiger partial charge in [-0.1, -0.05) is 6.07 Å². The first kappa shape index (κ1) is 15.0. The third-order valence-electron chi connectivity index (χ3n) is 3.02. The normalized spacial score (nSPS) is 11.3. The van der Waals surface area contributed by atoms with Gasteiger partial charge in [-0.3, -0.25) is 4.72 Å². The van der Waals surface area contributed by atoms with Crippen LogP contribution in [0.25, 0.3) is 11.5 Å². The van der Waals surface area contributed by atoms with E-state index in [1.165, 1.54) is 42.8 Å². The van der Waals surface area contributed by atoms with Gasteiger partial charge < -0.3 is 9.52 Å². The van der Waals surface area contributed by atoms with E-state index in [0.29, 0.717) is 5.56 Å². The standard InChI is InChI=1S/C15H11FN2O4S/c16-10-2-1-3-12(8-10)23(20,21)18-14-9-11(19)4-5-13(14)15-17-6-7-22-15/h1-9,18-19H. The number of phenolic OH excluding ortho intramolecular Hbond substituents is 1. The minimum Gasteiger partial charge on any atom is -0.508 e. The number of nitrogens with one attached hydrogen (secondary N) is 1. The van der Waals surface area contributed by atoms with Crippen molar-refractivity contribution in [3.8, 4) is 17.2 Å². The molecule has 0 bridgehead atoms. The Balaban J connectivity index is 2.04.